The van der Waals surface area contributed by atoms with Gasteiger partial charge in [-0.15, -0.1) is 0 Å². The number of halogens is 1. The van der Waals surface area contributed by atoms with Crippen LogP contribution in [0, 0.1) is 0 Å². The molecule has 0 saturated heterocycles. The van der Waals surface area contributed by atoms with Crippen LogP contribution in [0.3, 0.4) is 0 Å². The molecule has 2 amide bonds. The molecule has 1 aromatic heterocycles. The molecule has 192 valence electrons. The van der Waals surface area contributed by atoms with E-state index >= 15 is 0 Å². The molecule has 0 fully saturated rings. The Morgan fingerprint density at radius 3 is 2.46 bits per heavy atom. The second-order valence-corrected chi connectivity index (χ2v) is 8.62. The number of ether oxygens (including phenoxy) is 2. The largest absolute Gasteiger partial charge is 0.465 e. The SMILES string of the molecule is COC(=O)c1cncc(Oc2ccc(C(C)NC(=O)CC(=O)Nc3ccc(C(N)=NO)cc3)cc2Br)c1. The predicted molar refractivity (Wildman–Crippen MR) is 139 cm³/mol. The van der Waals surface area contributed by atoms with E-state index in [4.69, 9.17) is 15.7 Å². The Morgan fingerprint density at radius 1 is 1.08 bits per heavy atom. The number of oxime groups is 1. The number of anilines is 1. The number of amidine groups is 1. The lowest BCUT2D eigenvalue weighted by Crippen LogP contribution is -2.30. The molecular weight excluding hydrogens is 546 g/mol. The number of carbonyl (C=O) groups excluding carboxylic acids is 3. The number of carbonyl (C=O) groups is 3. The maximum absolute atomic E-state index is 12.4. The molecule has 0 spiro atoms. The molecule has 12 heteroatoms. The molecule has 5 N–H and O–H groups in total. The van der Waals surface area contributed by atoms with Crippen molar-refractivity contribution >= 4 is 45.2 Å². The second kappa shape index (κ2) is 12.5. The van der Waals surface area contributed by atoms with Gasteiger partial charge in [0, 0.05) is 17.4 Å². The number of methoxy groups -OCH3 is 1. The topological polar surface area (TPSA) is 165 Å². The third-order valence-electron chi connectivity index (χ3n) is 5.09. The first-order valence-corrected chi connectivity index (χ1v) is 11.7. The van der Waals surface area contributed by atoms with Gasteiger partial charge >= 0.3 is 5.97 Å². The van der Waals surface area contributed by atoms with Gasteiger partial charge in [-0.25, -0.2) is 4.79 Å². The summed E-state index contributed by atoms with van der Waals surface area (Å²) in [5.41, 5.74) is 7.49. The molecule has 0 bridgehead atoms. The summed E-state index contributed by atoms with van der Waals surface area (Å²) in [5, 5.41) is 17.0. The second-order valence-electron chi connectivity index (χ2n) is 7.77. The maximum Gasteiger partial charge on any atom is 0.339 e. The van der Waals surface area contributed by atoms with Crippen LogP contribution in [0.2, 0.25) is 0 Å². The van der Waals surface area contributed by atoms with Crippen molar-refractivity contribution in [3.05, 3.63) is 82.1 Å². The molecule has 0 aliphatic rings. The number of aromatic nitrogens is 1. The summed E-state index contributed by atoms with van der Waals surface area (Å²) >= 11 is 3.45. The van der Waals surface area contributed by atoms with Gasteiger partial charge in [0.1, 0.15) is 17.9 Å². The highest BCUT2D eigenvalue weighted by Gasteiger charge is 2.16. The molecule has 1 heterocycles. The lowest BCUT2D eigenvalue weighted by molar-refractivity contribution is -0.127. The van der Waals surface area contributed by atoms with E-state index < -0.39 is 23.8 Å². The van der Waals surface area contributed by atoms with E-state index in [-0.39, 0.29) is 17.8 Å². The van der Waals surface area contributed by atoms with Gasteiger partial charge < -0.3 is 31.0 Å². The number of pyridine rings is 1. The zero-order valence-electron chi connectivity index (χ0n) is 19.9. The van der Waals surface area contributed by atoms with Gasteiger partial charge in [-0.05, 0) is 70.9 Å². The van der Waals surface area contributed by atoms with E-state index in [1.165, 1.54) is 25.6 Å². The number of rotatable bonds is 9. The number of benzene rings is 2. The maximum atomic E-state index is 12.4. The quantitative estimate of drug-likeness (QED) is 0.0755. The minimum Gasteiger partial charge on any atom is -0.465 e. The van der Waals surface area contributed by atoms with Crippen LogP contribution in [0.1, 0.15) is 40.9 Å². The Balaban J connectivity index is 1.56. The van der Waals surface area contributed by atoms with Crippen LogP contribution in [-0.2, 0) is 14.3 Å². The van der Waals surface area contributed by atoms with E-state index in [1.807, 2.05) is 0 Å². The third kappa shape index (κ3) is 7.51. The summed E-state index contributed by atoms with van der Waals surface area (Å²) in [6, 6.07) is 12.7. The minimum absolute atomic E-state index is 0.0535. The zero-order valence-corrected chi connectivity index (χ0v) is 21.5. The van der Waals surface area contributed by atoms with Crippen LogP contribution >= 0.6 is 15.9 Å². The Hall–Kier alpha value is -4.45. The molecule has 3 rings (SSSR count). The number of esters is 1. The molecule has 11 nitrogen and oxygen atoms in total. The average molecular weight is 570 g/mol. The van der Waals surface area contributed by atoms with E-state index in [2.05, 4.69) is 41.4 Å². The Morgan fingerprint density at radius 2 is 1.81 bits per heavy atom. The van der Waals surface area contributed by atoms with Gasteiger partial charge in [-0.1, -0.05) is 11.2 Å². The van der Waals surface area contributed by atoms with Gasteiger partial charge in [-0.2, -0.15) is 0 Å². The average Bonchev–Trinajstić information content (AvgIpc) is 2.89. The highest BCUT2D eigenvalue weighted by Crippen LogP contribution is 2.32. The fourth-order valence-electron chi connectivity index (χ4n) is 3.21. The minimum atomic E-state index is -0.526. The van der Waals surface area contributed by atoms with Crippen molar-refractivity contribution in [2.24, 2.45) is 10.9 Å². The van der Waals surface area contributed by atoms with Gasteiger partial charge in [0.15, 0.2) is 5.84 Å². The van der Waals surface area contributed by atoms with Crippen LogP contribution in [0.15, 0.2) is 70.6 Å². The number of hydrogen-bond donors (Lipinski definition) is 4. The van der Waals surface area contributed by atoms with Crippen LogP contribution in [0.5, 0.6) is 11.5 Å². The van der Waals surface area contributed by atoms with E-state index in [1.54, 1.807) is 49.4 Å². The van der Waals surface area contributed by atoms with E-state index in [9.17, 15) is 14.4 Å². The molecule has 0 saturated carbocycles. The molecule has 1 unspecified atom stereocenters. The number of nitrogens with one attached hydrogen (secondary N) is 2. The summed E-state index contributed by atoms with van der Waals surface area (Å²) in [6.07, 6.45) is 2.47. The predicted octanol–water partition coefficient (Wildman–Crippen LogP) is 3.72. The summed E-state index contributed by atoms with van der Waals surface area (Å²) in [7, 11) is 1.28. The lowest BCUT2D eigenvalue weighted by Gasteiger charge is -2.16. The third-order valence-corrected chi connectivity index (χ3v) is 5.71. The van der Waals surface area contributed by atoms with Crippen molar-refractivity contribution in [2.75, 3.05) is 12.4 Å². The summed E-state index contributed by atoms with van der Waals surface area (Å²) in [6.45, 7) is 1.79. The lowest BCUT2D eigenvalue weighted by atomic mass is 10.1. The van der Waals surface area contributed by atoms with Crippen molar-refractivity contribution in [3.8, 4) is 11.5 Å². The normalized spacial score (nSPS) is 11.8. The van der Waals surface area contributed by atoms with Crippen molar-refractivity contribution in [2.45, 2.75) is 19.4 Å². The molecule has 0 aliphatic heterocycles. The Kier molecular flexibility index (Phi) is 9.16. The van der Waals surface area contributed by atoms with Gasteiger partial charge in [0.05, 0.1) is 29.4 Å². The molecule has 0 aliphatic carbocycles. The Labute approximate surface area is 220 Å². The molecule has 1 atom stereocenters. The number of hydrogen-bond acceptors (Lipinski definition) is 8. The first-order chi connectivity index (χ1) is 17.7. The standard InChI is InChI=1S/C25H24BrN5O6/c1-14(29-22(32)11-23(33)30-18-6-3-15(4-7-18)24(27)31-35)16-5-8-21(20(26)10-16)37-19-9-17(12-28-13-19)25(34)36-2/h3-10,12-14,35H,11H2,1-2H3,(H2,27,31)(H,29,32)(H,30,33). The van der Waals surface area contributed by atoms with Crippen molar-refractivity contribution in [3.63, 3.8) is 0 Å². The summed E-state index contributed by atoms with van der Waals surface area (Å²) in [5.74, 6) is -0.703. The molecule has 3 aromatic rings. The number of nitrogens with two attached hydrogens (primary N) is 1. The highest BCUT2D eigenvalue weighted by molar-refractivity contribution is 9.10. The zero-order chi connectivity index (χ0) is 26.9. The molecule has 0 radical (unpaired) electrons. The van der Waals surface area contributed by atoms with E-state index in [0.717, 1.165) is 5.56 Å². The summed E-state index contributed by atoms with van der Waals surface area (Å²) in [4.78, 5) is 40.3. The van der Waals surface area contributed by atoms with Gasteiger partial charge in [0.2, 0.25) is 11.8 Å². The molecule has 37 heavy (non-hydrogen) atoms. The number of amides is 2. The monoisotopic (exact) mass is 569 g/mol. The van der Waals surface area contributed by atoms with Crippen molar-refractivity contribution in [1.82, 2.24) is 10.3 Å². The van der Waals surface area contributed by atoms with Gasteiger partial charge in [0.25, 0.3) is 0 Å². The van der Waals surface area contributed by atoms with Crippen molar-refractivity contribution in [1.29, 1.82) is 0 Å². The van der Waals surface area contributed by atoms with Crippen LogP contribution < -0.4 is 21.1 Å². The molecule has 2 aromatic carbocycles. The van der Waals surface area contributed by atoms with E-state index in [0.29, 0.717) is 27.2 Å². The Bertz CT molecular complexity index is 1330. The fourth-order valence-corrected chi connectivity index (χ4v) is 3.69. The van der Waals surface area contributed by atoms with Crippen LogP contribution in [0.4, 0.5) is 5.69 Å². The summed E-state index contributed by atoms with van der Waals surface area (Å²) < 4.78 is 11.1. The van der Waals surface area contributed by atoms with Gasteiger partial charge in [-0.3, -0.25) is 14.6 Å². The first-order valence-electron chi connectivity index (χ1n) is 10.9. The smallest absolute Gasteiger partial charge is 0.339 e. The first kappa shape index (κ1) is 27.1. The highest BCUT2D eigenvalue weighted by atomic mass is 79.9. The molecular formula is C25H24BrN5O6. The van der Waals surface area contributed by atoms with Crippen LogP contribution in [0.25, 0.3) is 0 Å². The number of nitrogens with zero attached hydrogens (tertiary/aromatic N) is 2. The van der Waals surface area contributed by atoms with Crippen LogP contribution in [-0.4, -0.2) is 40.9 Å². The fraction of sp³-hybridized carbons (Fsp3) is 0.160. The van der Waals surface area contributed by atoms with Crippen molar-refractivity contribution < 1.29 is 29.1 Å².